The van der Waals surface area contributed by atoms with Crippen LogP contribution < -0.4 is 10.6 Å². The van der Waals surface area contributed by atoms with Gasteiger partial charge in [-0.15, -0.1) is 5.10 Å². The van der Waals surface area contributed by atoms with Crippen molar-refractivity contribution in [3.8, 4) is 0 Å². The fourth-order valence-corrected chi connectivity index (χ4v) is 1.36. The zero-order valence-corrected chi connectivity index (χ0v) is 12.1. The maximum Gasteiger partial charge on any atom is 0.315 e. The quantitative estimate of drug-likeness (QED) is 0.723. The highest BCUT2D eigenvalue weighted by Crippen LogP contribution is 2.05. The second-order valence-corrected chi connectivity index (χ2v) is 4.99. The minimum atomic E-state index is 0.0610. The average molecular weight is 269 g/mol. The molecular weight excluding hydrogens is 246 g/mol. The van der Waals surface area contributed by atoms with E-state index in [2.05, 4.69) is 34.7 Å². The van der Waals surface area contributed by atoms with Crippen LogP contribution in [0.15, 0.2) is 4.42 Å². The van der Waals surface area contributed by atoms with Crippen LogP contribution in [-0.2, 0) is 11.3 Å². The Labute approximate surface area is 113 Å². The van der Waals surface area contributed by atoms with Crippen molar-refractivity contribution in [3.05, 3.63) is 5.89 Å². The number of amides is 1. The highest BCUT2D eigenvalue weighted by molar-refractivity contribution is 5.75. The summed E-state index contributed by atoms with van der Waals surface area (Å²) >= 11 is 0. The summed E-state index contributed by atoms with van der Waals surface area (Å²) in [5.74, 6) is 1.19. The Morgan fingerprint density at radius 3 is 2.74 bits per heavy atom. The summed E-state index contributed by atoms with van der Waals surface area (Å²) in [6, 6.07) is 0.355. The van der Waals surface area contributed by atoms with Crippen molar-refractivity contribution in [2.45, 2.75) is 26.8 Å². The second-order valence-electron chi connectivity index (χ2n) is 4.99. The lowest BCUT2D eigenvalue weighted by molar-refractivity contribution is -0.128. The van der Waals surface area contributed by atoms with E-state index in [1.807, 2.05) is 0 Å². The van der Waals surface area contributed by atoms with Crippen molar-refractivity contribution in [3.63, 3.8) is 0 Å². The van der Waals surface area contributed by atoms with Crippen molar-refractivity contribution in [2.24, 2.45) is 5.92 Å². The number of hydrogen-bond donors (Lipinski definition) is 2. The minimum absolute atomic E-state index is 0.0610. The molecule has 0 aliphatic rings. The molecule has 0 aromatic carbocycles. The maximum atomic E-state index is 11.4. The van der Waals surface area contributed by atoms with Crippen LogP contribution in [0.3, 0.4) is 0 Å². The van der Waals surface area contributed by atoms with Gasteiger partial charge in [0.05, 0.1) is 6.54 Å². The molecule has 0 saturated heterocycles. The number of carbonyl (C=O) groups is 1. The van der Waals surface area contributed by atoms with Crippen LogP contribution in [-0.4, -0.2) is 48.2 Å². The van der Waals surface area contributed by atoms with Crippen molar-refractivity contribution in [1.29, 1.82) is 0 Å². The van der Waals surface area contributed by atoms with Gasteiger partial charge < -0.3 is 20.0 Å². The molecular formula is C12H23N5O2. The highest BCUT2D eigenvalue weighted by Gasteiger charge is 2.07. The third-order valence-corrected chi connectivity index (χ3v) is 2.41. The smallest absolute Gasteiger partial charge is 0.315 e. The number of aromatic nitrogens is 2. The first kappa shape index (κ1) is 15.4. The van der Waals surface area contributed by atoms with Gasteiger partial charge in [-0.3, -0.25) is 4.79 Å². The Bertz CT molecular complexity index is 389. The normalized spacial score (nSPS) is 10.8. The topological polar surface area (TPSA) is 83.3 Å². The fraction of sp³-hybridized carbons (Fsp3) is 0.750. The van der Waals surface area contributed by atoms with Gasteiger partial charge in [0.2, 0.25) is 11.8 Å². The van der Waals surface area contributed by atoms with Crippen molar-refractivity contribution >= 4 is 11.9 Å². The number of rotatable bonds is 8. The van der Waals surface area contributed by atoms with Gasteiger partial charge in [-0.1, -0.05) is 18.9 Å². The third kappa shape index (κ3) is 6.19. The molecule has 1 heterocycles. The molecule has 108 valence electrons. The van der Waals surface area contributed by atoms with Crippen LogP contribution in [0.2, 0.25) is 0 Å². The van der Waals surface area contributed by atoms with Crippen molar-refractivity contribution in [2.75, 3.05) is 32.5 Å². The largest absolute Gasteiger partial charge is 0.407 e. The number of nitrogens with zero attached hydrogens (tertiary/aromatic N) is 3. The van der Waals surface area contributed by atoms with E-state index in [0.29, 0.717) is 37.3 Å². The first-order valence-electron chi connectivity index (χ1n) is 6.46. The van der Waals surface area contributed by atoms with E-state index in [9.17, 15) is 4.79 Å². The fourth-order valence-electron chi connectivity index (χ4n) is 1.36. The molecule has 0 aliphatic heterocycles. The van der Waals surface area contributed by atoms with E-state index in [-0.39, 0.29) is 5.91 Å². The Hall–Kier alpha value is -1.63. The molecule has 0 radical (unpaired) electrons. The molecule has 0 unspecified atom stereocenters. The molecule has 1 rings (SSSR count). The molecule has 2 N–H and O–H groups in total. The molecule has 7 nitrogen and oxygen atoms in total. The van der Waals surface area contributed by atoms with Crippen LogP contribution in [0.5, 0.6) is 0 Å². The Morgan fingerprint density at radius 1 is 1.37 bits per heavy atom. The third-order valence-electron chi connectivity index (χ3n) is 2.41. The lowest BCUT2D eigenvalue weighted by Crippen LogP contribution is -2.23. The summed E-state index contributed by atoms with van der Waals surface area (Å²) in [4.78, 5) is 12.9. The van der Waals surface area contributed by atoms with Gasteiger partial charge in [0.1, 0.15) is 0 Å². The first-order chi connectivity index (χ1) is 8.99. The summed E-state index contributed by atoms with van der Waals surface area (Å²) in [6.07, 6.45) is 0.399. The Balaban J connectivity index is 2.25. The van der Waals surface area contributed by atoms with E-state index >= 15 is 0 Å². The van der Waals surface area contributed by atoms with Gasteiger partial charge in [-0.05, 0) is 12.5 Å². The molecule has 19 heavy (non-hydrogen) atoms. The van der Waals surface area contributed by atoms with E-state index < -0.39 is 0 Å². The van der Waals surface area contributed by atoms with Crippen LogP contribution >= 0.6 is 0 Å². The predicted molar refractivity (Wildman–Crippen MR) is 72.6 cm³/mol. The molecule has 1 aromatic rings. The number of anilines is 1. The monoisotopic (exact) mass is 269 g/mol. The molecule has 0 atom stereocenters. The van der Waals surface area contributed by atoms with E-state index in [4.69, 9.17) is 4.42 Å². The molecule has 0 spiro atoms. The summed E-state index contributed by atoms with van der Waals surface area (Å²) in [5, 5.41) is 13.9. The van der Waals surface area contributed by atoms with Gasteiger partial charge in [0.25, 0.3) is 0 Å². The summed E-state index contributed by atoms with van der Waals surface area (Å²) < 4.78 is 5.39. The summed E-state index contributed by atoms with van der Waals surface area (Å²) in [7, 11) is 3.46. The summed E-state index contributed by atoms with van der Waals surface area (Å²) in [5.41, 5.74) is 0. The highest BCUT2D eigenvalue weighted by atomic mass is 16.4. The number of nitrogens with one attached hydrogen (secondary N) is 2. The Kier molecular flexibility index (Phi) is 6.27. The van der Waals surface area contributed by atoms with Gasteiger partial charge in [-0.25, -0.2) is 0 Å². The maximum absolute atomic E-state index is 11.4. The van der Waals surface area contributed by atoms with E-state index in [1.54, 1.807) is 19.0 Å². The number of carbonyl (C=O) groups excluding carboxylic acids is 1. The lowest BCUT2D eigenvalue weighted by atomic mass is 10.2. The van der Waals surface area contributed by atoms with Crippen LogP contribution in [0.1, 0.15) is 26.2 Å². The molecule has 0 aliphatic carbocycles. The van der Waals surface area contributed by atoms with Crippen LogP contribution in [0, 0.1) is 5.92 Å². The molecule has 1 amide bonds. The van der Waals surface area contributed by atoms with Crippen molar-refractivity contribution in [1.82, 2.24) is 20.4 Å². The van der Waals surface area contributed by atoms with Gasteiger partial charge >= 0.3 is 6.01 Å². The van der Waals surface area contributed by atoms with Crippen LogP contribution in [0.4, 0.5) is 6.01 Å². The minimum Gasteiger partial charge on any atom is -0.407 e. The zero-order chi connectivity index (χ0) is 14.3. The van der Waals surface area contributed by atoms with Crippen LogP contribution in [0.25, 0.3) is 0 Å². The predicted octanol–water partition coefficient (Wildman–Crippen LogP) is 0.705. The standard InChI is InChI=1S/C12H23N5O2/c1-9(2)7-13-8-10-15-16-12(19-10)14-6-5-11(18)17(3)4/h9,13H,5-8H2,1-4H3,(H,14,16). The molecule has 0 fully saturated rings. The lowest BCUT2D eigenvalue weighted by Gasteiger charge is -2.09. The SMILES string of the molecule is CC(C)CNCc1nnc(NCCC(=O)N(C)C)o1. The molecule has 0 saturated carbocycles. The average Bonchev–Trinajstić information content (AvgIpc) is 2.76. The zero-order valence-electron chi connectivity index (χ0n) is 12.1. The van der Waals surface area contributed by atoms with Gasteiger partial charge in [0.15, 0.2) is 0 Å². The van der Waals surface area contributed by atoms with E-state index in [0.717, 1.165) is 6.54 Å². The van der Waals surface area contributed by atoms with Gasteiger partial charge in [-0.2, -0.15) is 0 Å². The Morgan fingerprint density at radius 2 is 2.11 bits per heavy atom. The second kappa shape index (κ2) is 7.73. The van der Waals surface area contributed by atoms with E-state index in [1.165, 1.54) is 0 Å². The first-order valence-corrected chi connectivity index (χ1v) is 6.46. The molecule has 1 aromatic heterocycles. The van der Waals surface area contributed by atoms with Gasteiger partial charge in [0, 0.05) is 27.1 Å². The molecule has 0 bridgehead atoms. The summed E-state index contributed by atoms with van der Waals surface area (Å²) in [6.45, 7) is 6.22. The number of hydrogen-bond acceptors (Lipinski definition) is 6. The van der Waals surface area contributed by atoms with Crippen molar-refractivity contribution < 1.29 is 9.21 Å². The molecule has 7 heteroatoms.